The summed E-state index contributed by atoms with van der Waals surface area (Å²) in [6.45, 7) is 2.21. The minimum absolute atomic E-state index is 0.126. The first-order valence-corrected chi connectivity index (χ1v) is 9.01. The van der Waals surface area contributed by atoms with Crippen LogP contribution < -0.4 is 0 Å². The Labute approximate surface area is 125 Å². The molecule has 1 rings (SSSR count). The van der Waals surface area contributed by atoms with E-state index in [-0.39, 0.29) is 11.5 Å². The molecule has 0 aromatic heterocycles. The summed E-state index contributed by atoms with van der Waals surface area (Å²) in [5.74, 6) is 0.292. The first kappa shape index (κ1) is 17.1. The molecule has 0 bridgehead atoms. The lowest BCUT2D eigenvalue weighted by atomic mass is 10.1. The van der Waals surface area contributed by atoms with Crippen molar-refractivity contribution in [2.45, 2.75) is 63.2 Å². The van der Waals surface area contributed by atoms with Crippen LogP contribution in [0, 0.1) is 0 Å². The molecule has 1 aromatic carbocycles. The van der Waals surface area contributed by atoms with Crippen LogP contribution >= 0.6 is 0 Å². The molecular formula is C17H26O2S. The molecule has 0 fully saturated rings. The molecule has 20 heavy (non-hydrogen) atoms. The minimum atomic E-state index is -1.17. The van der Waals surface area contributed by atoms with E-state index in [1.165, 1.54) is 32.1 Å². The summed E-state index contributed by atoms with van der Waals surface area (Å²) in [6.07, 6.45) is 9.02. The van der Waals surface area contributed by atoms with Crippen molar-refractivity contribution in [1.29, 1.82) is 0 Å². The third-order valence-electron chi connectivity index (χ3n) is 3.36. The van der Waals surface area contributed by atoms with Crippen LogP contribution in [0.4, 0.5) is 0 Å². The number of rotatable bonds is 11. The lowest BCUT2D eigenvalue weighted by molar-refractivity contribution is -0.116. The zero-order valence-corrected chi connectivity index (χ0v) is 13.3. The van der Waals surface area contributed by atoms with Gasteiger partial charge in [-0.25, -0.2) is 0 Å². The third-order valence-corrected chi connectivity index (χ3v) is 4.74. The number of carbonyl (C=O) groups excluding carboxylic acids is 1. The van der Waals surface area contributed by atoms with E-state index in [1.807, 2.05) is 30.3 Å². The molecule has 0 heterocycles. The van der Waals surface area contributed by atoms with Crippen LogP contribution in [-0.2, 0) is 15.6 Å². The molecule has 2 nitrogen and oxygen atoms in total. The Hall–Kier alpha value is -0.960. The number of benzene rings is 1. The number of ketones is 1. The van der Waals surface area contributed by atoms with Crippen LogP contribution in [0.15, 0.2) is 35.2 Å². The average molecular weight is 294 g/mol. The van der Waals surface area contributed by atoms with Gasteiger partial charge in [-0.2, -0.15) is 0 Å². The summed E-state index contributed by atoms with van der Waals surface area (Å²) < 4.78 is 12.0. The van der Waals surface area contributed by atoms with Gasteiger partial charge in [-0.15, -0.1) is 0 Å². The van der Waals surface area contributed by atoms with Gasteiger partial charge in [0.25, 0.3) is 0 Å². The van der Waals surface area contributed by atoms with E-state index in [4.69, 9.17) is 0 Å². The zero-order chi connectivity index (χ0) is 14.6. The van der Waals surface area contributed by atoms with Gasteiger partial charge in [-0.05, 0) is 18.6 Å². The van der Waals surface area contributed by atoms with Gasteiger partial charge in [0, 0.05) is 11.3 Å². The van der Waals surface area contributed by atoms with Crippen molar-refractivity contribution >= 4 is 16.6 Å². The molecule has 0 saturated carbocycles. The van der Waals surface area contributed by atoms with Crippen molar-refractivity contribution in [3.05, 3.63) is 30.3 Å². The fourth-order valence-corrected chi connectivity index (χ4v) is 3.22. The molecule has 0 amide bonds. The van der Waals surface area contributed by atoms with Crippen molar-refractivity contribution in [2.75, 3.05) is 5.75 Å². The van der Waals surface area contributed by atoms with Crippen molar-refractivity contribution in [1.82, 2.24) is 0 Å². The van der Waals surface area contributed by atoms with Gasteiger partial charge in [-0.3, -0.25) is 9.00 Å². The molecule has 1 unspecified atom stereocenters. The molecule has 112 valence electrons. The molecule has 0 aliphatic carbocycles. The van der Waals surface area contributed by atoms with Gasteiger partial charge in [0.2, 0.25) is 0 Å². The van der Waals surface area contributed by atoms with Gasteiger partial charge in [-0.1, -0.05) is 63.6 Å². The standard InChI is InChI=1S/C17H26O2S/c1-2-3-4-5-6-7-9-12-16(18)15-20(19)17-13-10-8-11-14-17/h8,10-11,13-14H,2-7,9,12,15H2,1H3. The van der Waals surface area contributed by atoms with Crippen LogP contribution in [0.25, 0.3) is 0 Å². The number of hydrogen-bond acceptors (Lipinski definition) is 2. The summed E-state index contributed by atoms with van der Waals surface area (Å²) in [5, 5.41) is 0. The predicted molar refractivity (Wildman–Crippen MR) is 85.3 cm³/mol. The summed E-state index contributed by atoms with van der Waals surface area (Å²) in [5.41, 5.74) is 0. The molecule has 0 aliphatic rings. The number of carbonyl (C=O) groups is 1. The fourth-order valence-electron chi connectivity index (χ4n) is 2.15. The molecule has 3 heteroatoms. The maximum atomic E-state index is 12.0. The first-order valence-electron chi connectivity index (χ1n) is 7.69. The van der Waals surface area contributed by atoms with Crippen molar-refractivity contribution in [3.8, 4) is 0 Å². The molecule has 1 atom stereocenters. The SMILES string of the molecule is CCCCCCCCCC(=O)CS(=O)c1ccccc1. The minimum Gasteiger partial charge on any atom is -0.299 e. The highest BCUT2D eigenvalue weighted by atomic mass is 32.2. The Morgan fingerprint density at radius 2 is 1.55 bits per heavy atom. The highest BCUT2D eigenvalue weighted by Gasteiger charge is 2.09. The molecule has 0 N–H and O–H groups in total. The predicted octanol–water partition coefficient (Wildman–Crippen LogP) is 4.50. The van der Waals surface area contributed by atoms with Crippen LogP contribution in [0.3, 0.4) is 0 Å². The van der Waals surface area contributed by atoms with Gasteiger partial charge >= 0.3 is 0 Å². The van der Waals surface area contributed by atoms with Crippen LogP contribution in [0.1, 0.15) is 58.3 Å². The summed E-state index contributed by atoms with van der Waals surface area (Å²) in [7, 11) is -1.17. The maximum Gasteiger partial charge on any atom is 0.145 e. The lowest BCUT2D eigenvalue weighted by Crippen LogP contribution is -2.10. The Balaban J connectivity index is 2.10. The van der Waals surface area contributed by atoms with E-state index in [0.717, 1.165) is 17.7 Å². The first-order chi connectivity index (χ1) is 9.74. The van der Waals surface area contributed by atoms with Gasteiger partial charge in [0.1, 0.15) is 5.78 Å². The van der Waals surface area contributed by atoms with E-state index < -0.39 is 10.8 Å². The Bertz CT molecular complexity index is 401. The molecule has 0 radical (unpaired) electrons. The molecule has 0 saturated heterocycles. The smallest absolute Gasteiger partial charge is 0.145 e. The van der Waals surface area contributed by atoms with E-state index in [0.29, 0.717) is 6.42 Å². The largest absolute Gasteiger partial charge is 0.299 e. The van der Waals surface area contributed by atoms with Gasteiger partial charge in [0.15, 0.2) is 0 Å². The second-order valence-corrected chi connectivity index (χ2v) is 6.66. The van der Waals surface area contributed by atoms with Gasteiger partial charge < -0.3 is 0 Å². The quantitative estimate of drug-likeness (QED) is 0.563. The monoisotopic (exact) mass is 294 g/mol. The van der Waals surface area contributed by atoms with E-state index in [9.17, 15) is 9.00 Å². The highest BCUT2D eigenvalue weighted by Crippen LogP contribution is 2.10. The van der Waals surface area contributed by atoms with E-state index >= 15 is 0 Å². The Morgan fingerprint density at radius 3 is 2.20 bits per heavy atom. The Morgan fingerprint density at radius 1 is 0.950 bits per heavy atom. The lowest BCUT2D eigenvalue weighted by Gasteiger charge is -2.03. The summed E-state index contributed by atoms with van der Waals surface area (Å²) >= 11 is 0. The second kappa shape index (κ2) is 10.8. The highest BCUT2D eigenvalue weighted by molar-refractivity contribution is 7.85. The number of unbranched alkanes of at least 4 members (excludes halogenated alkanes) is 6. The topological polar surface area (TPSA) is 34.1 Å². The fraction of sp³-hybridized carbons (Fsp3) is 0.588. The molecule has 0 spiro atoms. The van der Waals surface area contributed by atoms with Crippen LogP contribution in [-0.4, -0.2) is 15.7 Å². The molecular weight excluding hydrogens is 268 g/mol. The summed E-state index contributed by atoms with van der Waals surface area (Å²) in [6, 6.07) is 9.23. The van der Waals surface area contributed by atoms with Crippen molar-refractivity contribution < 1.29 is 9.00 Å². The zero-order valence-electron chi connectivity index (χ0n) is 12.5. The number of hydrogen-bond donors (Lipinski definition) is 0. The normalized spacial score (nSPS) is 12.2. The van der Waals surface area contributed by atoms with Crippen molar-refractivity contribution in [2.24, 2.45) is 0 Å². The van der Waals surface area contributed by atoms with Crippen LogP contribution in [0.5, 0.6) is 0 Å². The van der Waals surface area contributed by atoms with Crippen LogP contribution in [0.2, 0.25) is 0 Å². The Kier molecular flexibility index (Phi) is 9.22. The molecule has 0 aliphatic heterocycles. The maximum absolute atomic E-state index is 12.0. The van der Waals surface area contributed by atoms with Crippen molar-refractivity contribution in [3.63, 3.8) is 0 Å². The van der Waals surface area contributed by atoms with E-state index in [2.05, 4.69) is 6.92 Å². The second-order valence-electron chi connectivity index (χ2n) is 5.21. The third kappa shape index (κ3) is 7.59. The number of Topliss-reactive ketones (excluding diaryl/α,β-unsaturated/α-hetero) is 1. The summed E-state index contributed by atoms with van der Waals surface area (Å²) in [4.78, 5) is 12.5. The molecule has 1 aromatic rings. The van der Waals surface area contributed by atoms with Gasteiger partial charge in [0.05, 0.1) is 16.6 Å². The van der Waals surface area contributed by atoms with E-state index in [1.54, 1.807) is 0 Å². The average Bonchev–Trinajstić information content (AvgIpc) is 2.47.